The number of anilines is 1. The molecular formula is C14H24ClN5. The van der Waals surface area contributed by atoms with Gasteiger partial charge in [0.1, 0.15) is 5.82 Å². The monoisotopic (exact) mass is 297 g/mol. The van der Waals surface area contributed by atoms with Gasteiger partial charge in [-0.25, -0.2) is 4.98 Å². The van der Waals surface area contributed by atoms with Gasteiger partial charge in [0.2, 0.25) is 0 Å². The first-order chi connectivity index (χ1) is 9.46. The second kappa shape index (κ2) is 6.26. The predicted octanol–water partition coefficient (Wildman–Crippen LogP) is 2.09. The second-order valence-electron chi connectivity index (χ2n) is 5.93. The molecule has 1 fully saturated rings. The Morgan fingerprint density at radius 1 is 1.35 bits per heavy atom. The van der Waals surface area contributed by atoms with Crippen molar-refractivity contribution < 1.29 is 0 Å². The number of piperidine rings is 1. The van der Waals surface area contributed by atoms with Crippen molar-refractivity contribution in [1.29, 1.82) is 0 Å². The Morgan fingerprint density at radius 3 is 2.60 bits per heavy atom. The fourth-order valence-corrected chi connectivity index (χ4v) is 3.19. The summed E-state index contributed by atoms with van der Waals surface area (Å²) in [5.74, 6) is 6.29. The zero-order valence-corrected chi connectivity index (χ0v) is 13.0. The standard InChI is InChI=1S/C14H24ClN5/c1-14(2,20-6-4-3-5-7-20)12(19-17)11-8-10(15)9-18-13(11)16/h8-9,12,19H,3-7,17H2,1-2H3,(H2,16,18). The third-order valence-corrected chi connectivity index (χ3v) is 4.48. The van der Waals surface area contributed by atoms with Crippen LogP contribution >= 0.6 is 11.6 Å². The summed E-state index contributed by atoms with van der Waals surface area (Å²) < 4.78 is 0. The summed E-state index contributed by atoms with van der Waals surface area (Å²) in [6.45, 7) is 6.53. The molecule has 0 bridgehead atoms. The first-order valence-corrected chi connectivity index (χ1v) is 7.46. The summed E-state index contributed by atoms with van der Waals surface area (Å²) in [4.78, 5) is 6.60. The Labute approximate surface area is 125 Å². The molecule has 0 amide bonds. The summed E-state index contributed by atoms with van der Waals surface area (Å²) in [6, 6.07) is 1.73. The third-order valence-electron chi connectivity index (χ3n) is 4.27. The zero-order chi connectivity index (χ0) is 14.8. The maximum absolute atomic E-state index is 6.05. The molecule has 1 aliphatic heterocycles. The first-order valence-electron chi connectivity index (χ1n) is 7.09. The van der Waals surface area contributed by atoms with Crippen molar-refractivity contribution in [3.05, 3.63) is 22.8 Å². The lowest BCUT2D eigenvalue weighted by molar-refractivity contribution is 0.0609. The fourth-order valence-electron chi connectivity index (χ4n) is 3.02. The van der Waals surface area contributed by atoms with Gasteiger partial charge in [-0.05, 0) is 45.8 Å². The van der Waals surface area contributed by atoms with Crippen molar-refractivity contribution >= 4 is 17.4 Å². The number of nitrogens with one attached hydrogen (secondary N) is 1. The van der Waals surface area contributed by atoms with Crippen molar-refractivity contribution in [2.24, 2.45) is 5.84 Å². The van der Waals surface area contributed by atoms with Gasteiger partial charge in [0.15, 0.2) is 0 Å². The van der Waals surface area contributed by atoms with Crippen molar-refractivity contribution in [3.63, 3.8) is 0 Å². The maximum atomic E-state index is 6.05. The summed E-state index contributed by atoms with van der Waals surface area (Å²) in [7, 11) is 0. The number of nitrogens with zero attached hydrogens (tertiary/aromatic N) is 2. The minimum absolute atomic E-state index is 0.119. The number of halogens is 1. The molecule has 2 rings (SSSR count). The van der Waals surface area contributed by atoms with E-state index in [0.29, 0.717) is 10.8 Å². The minimum atomic E-state index is -0.157. The molecule has 2 heterocycles. The Morgan fingerprint density at radius 2 is 2.00 bits per heavy atom. The van der Waals surface area contributed by atoms with Gasteiger partial charge in [0.05, 0.1) is 11.1 Å². The van der Waals surface area contributed by atoms with Gasteiger partial charge in [-0.1, -0.05) is 18.0 Å². The van der Waals surface area contributed by atoms with Crippen LogP contribution < -0.4 is 17.0 Å². The lowest BCUT2D eigenvalue weighted by Gasteiger charge is -2.46. The van der Waals surface area contributed by atoms with Crippen molar-refractivity contribution in [2.75, 3.05) is 18.8 Å². The van der Waals surface area contributed by atoms with Crippen molar-refractivity contribution in [1.82, 2.24) is 15.3 Å². The van der Waals surface area contributed by atoms with Crippen molar-refractivity contribution in [3.8, 4) is 0 Å². The summed E-state index contributed by atoms with van der Waals surface area (Å²) in [5, 5.41) is 0.573. The highest BCUT2D eigenvalue weighted by molar-refractivity contribution is 6.30. The van der Waals surface area contributed by atoms with E-state index in [2.05, 4.69) is 29.2 Å². The Balaban J connectivity index is 2.32. The predicted molar refractivity (Wildman–Crippen MR) is 83.2 cm³/mol. The number of hydrogen-bond donors (Lipinski definition) is 3. The lowest BCUT2D eigenvalue weighted by Crippen LogP contribution is -2.55. The zero-order valence-electron chi connectivity index (χ0n) is 12.2. The molecule has 5 N–H and O–H groups in total. The van der Waals surface area contributed by atoms with Crippen LogP contribution in [0.1, 0.15) is 44.7 Å². The number of rotatable bonds is 4. The highest BCUT2D eigenvalue weighted by Crippen LogP contribution is 2.35. The molecule has 6 heteroatoms. The second-order valence-corrected chi connectivity index (χ2v) is 6.37. The van der Waals surface area contributed by atoms with Gasteiger partial charge in [0.25, 0.3) is 0 Å². The Kier molecular flexibility index (Phi) is 4.86. The fraction of sp³-hybridized carbons (Fsp3) is 0.643. The van der Waals surface area contributed by atoms with Crippen LogP contribution in [-0.4, -0.2) is 28.5 Å². The first kappa shape index (κ1) is 15.5. The third kappa shape index (κ3) is 3.06. The van der Waals surface area contributed by atoms with Gasteiger partial charge in [-0.3, -0.25) is 16.2 Å². The number of nitrogen functional groups attached to an aromatic ring is 1. The summed E-state index contributed by atoms with van der Waals surface area (Å²) >= 11 is 6.05. The molecule has 1 atom stereocenters. The number of hydrogen-bond acceptors (Lipinski definition) is 5. The quantitative estimate of drug-likeness (QED) is 0.586. The van der Waals surface area contributed by atoms with E-state index in [1.165, 1.54) is 19.3 Å². The number of pyridine rings is 1. The van der Waals surface area contributed by atoms with E-state index in [1.807, 2.05) is 6.07 Å². The average molecular weight is 298 g/mol. The molecule has 0 spiro atoms. The topological polar surface area (TPSA) is 80.2 Å². The molecule has 20 heavy (non-hydrogen) atoms. The van der Waals surface area contributed by atoms with Crippen LogP contribution in [0, 0.1) is 0 Å². The van der Waals surface area contributed by atoms with Crippen LogP contribution in [-0.2, 0) is 0 Å². The average Bonchev–Trinajstić information content (AvgIpc) is 2.44. The molecule has 1 aliphatic rings. The number of likely N-dealkylation sites (tertiary alicyclic amines) is 1. The molecule has 1 saturated heterocycles. The number of nitrogens with two attached hydrogens (primary N) is 2. The van der Waals surface area contributed by atoms with Crippen molar-refractivity contribution in [2.45, 2.75) is 44.7 Å². The molecule has 0 aromatic carbocycles. The Bertz CT molecular complexity index is 457. The Hall–Kier alpha value is -0.880. The molecule has 0 saturated carbocycles. The van der Waals surface area contributed by atoms with E-state index in [-0.39, 0.29) is 11.6 Å². The summed E-state index contributed by atoms with van der Waals surface area (Å²) in [6.07, 6.45) is 5.31. The van der Waals surface area contributed by atoms with E-state index in [1.54, 1.807) is 6.20 Å². The molecule has 0 aliphatic carbocycles. The largest absolute Gasteiger partial charge is 0.383 e. The lowest BCUT2D eigenvalue weighted by atomic mass is 9.86. The van der Waals surface area contributed by atoms with E-state index < -0.39 is 0 Å². The van der Waals surface area contributed by atoms with Crippen LogP contribution in [0.5, 0.6) is 0 Å². The van der Waals surface area contributed by atoms with Gasteiger partial charge in [-0.2, -0.15) is 0 Å². The van der Waals surface area contributed by atoms with Crippen LogP contribution in [0.3, 0.4) is 0 Å². The van der Waals surface area contributed by atoms with Crippen LogP contribution in [0.15, 0.2) is 12.3 Å². The summed E-state index contributed by atoms with van der Waals surface area (Å²) in [5.41, 5.74) is 9.61. The normalized spacial score (nSPS) is 19.0. The minimum Gasteiger partial charge on any atom is -0.383 e. The highest BCUT2D eigenvalue weighted by atomic mass is 35.5. The van der Waals surface area contributed by atoms with Crippen LogP contribution in [0.2, 0.25) is 5.02 Å². The molecule has 0 radical (unpaired) electrons. The molecular weight excluding hydrogens is 274 g/mol. The van der Waals surface area contributed by atoms with E-state index >= 15 is 0 Å². The number of aromatic nitrogens is 1. The van der Waals surface area contributed by atoms with Crippen LogP contribution in [0.4, 0.5) is 5.82 Å². The maximum Gasteiger partial charge on any atom is 0.128 e. The van der Waals surface area contributed by atoms with E-state index in [0.717, 1.165) is 18.7 Å². The highest BCUT2D eigenvalue weighted by Gasteiger charge is 2.37. The van der Waals surface area contributed by atoms with E-state index in [9.17, 15) is 0 Å². The van der Waals surface area contributed by atoms with Gasteiger partial charge in [-0.15, -0.1) is 0 Å². The molecule has 1 aromatic heterocycles. The molecule has 112 valence electrons. The molecule has 5 nitrogen and oxygen atoms in total. The smallest absolute Gasteiger partial charge is 0.128 e. The van der Waals surface area contributed by atoms with Gasteiger partial charge >= 0.3 is 0 Å². The van der Waals surface area contributed by atoms with E-state index in [4.69, 9.17) is 23.2 Å². The van der Waals surface area contributed by atoms with Crippen LogP contribution in [0.25, 0.3) is 0 Å². The number of hydrazine groups is 1. The van der Waals surface area contributed by atoms with Gasteiger partial charge < -0.3 is 5.73 Å². The van der Waals surface area contributed by atoms with Gasteiger partial charge in [0, 0.05) is 17.3 Å². The molecule has 1 unspecified atom stereocenters. The molecule has 1 aromatic rings. The SMILES string of the molecule is CC(C)(C(NN)c1cc(Cl)cnc1N)N1CCCCC1.